The van der Waals surface area contributed by atoms with Crippen LogP contribution < -0.4 is 4.90 Å². The van der Waals surface area contributed by atoms with Crippen LogP contribution in [0.15, 0.2) is 95.5 Å². The summed E-state index contributed by atoms with van der Waals surface area (Å²) in [6.45, 7) is 0. The Morgan fingerprint density at radius 2 is 1.47 bits per heavy atom. The molecule has 4 atom stereocenters. The van der Waals surface area contributed by atoms with Gasteiger partial charge in [0.1, 0.15) is 0 Å². The number of hydrogen-bond donors (Lipinski definition) is 0. The number of carbonyl (C=O) groups excluding carboxylic acids is 3. The molecule has 0 saturated carbocycles. The molecule has 4 nitrogen and oxygen atoms in total. The molecule has 0 spiro atoms. The average molecular weight is 535 g/mol. The maximum atomic E-state index is 13.7. The average Bonchev–Trinajstić information content (AvgIpc) is 3.11. The molecule has 5 rings (SSSR count). The first-order chi connectivity index (χ1) is 16.4. The van der Waals surface area contributed by atoms with Crippen LogP contribution in [0.3, 0.4) is 0 Å². The highest BCUT2D eigenvalue weighted by atomic mass is 79.9. The van der Waals surface area contributed by atoms with E-state index in [0.717, 1.165) is 10.0 Å². The van der Waals surface area contributed by atoms with Gasteiger partial charge in [-0.15, -0.1) is 0 Å². The van der Waals surface area contributed by atoms with E-state index in [1.165, 1.54) is 4.90 Å². The molecule has 1 aliphatic carbocycles. The molecule has 1 aliphatic heterocycles. The second kappa shape index (κ2) is 9.32. The Morgan fingerprint density at radius 1 is 0.824 bits per heavy atom. The maximum absolute atomic E-state index is 13.7. The molecule has 1 saturated heterocycles. The number of imide groups is 1. The number of carbonyl (C=O) groups is 3. The molecule has 0 aromatic heterocycles. The van der Waals surface area contributed by atoms with Crippen LogP contribution in [0.25, 0.3) is 0 Å². The predicted molar refractivity (Wildman–Crippen MR) is 136 cm³/mol. The van der Waals surface area contributed by atoms with Crippen molar-refractivity contribution in [3.63, 3.8) is 0 Å². The number of halogens is 2. The number of anilines is 1. The van der Waals surface area contributed by atoms with E-state index in [4.69, 9.17) is 11.6 Å². The molecule has 2 amide bonds. The summed E-state index contributed by atoms with van der Waals surface area (Å²) in [5.41, 5.74) is 2.07. The first-order valence-corrected chi connectivity index (χ1v) is 12.3. The van der Waals surface area contributed by atoms with Crippen molar-refractivity contribution >= 4 is 50.8 Å². The summed E-state index contributed by atoms with van der Waals surface area (Å²) in [7, 11) is 0. The van der Waals surface area contributed by atoms with Crippen molar-refractivity contribution in [2.75, 3.05) is 4.90 Å². The molecule has 3 aromatic rings. The van der Waals surface area contributed by atoms with E-state index >= 15 is 0 Å². The van der Waals surface area contributed by atoms with Crippen molar-refractivity contribution in [3.05, 3.63) is 112 Å². The van der Waals surface area contributed by atoms with E-state index in [-0.39, 0.29) is 35.9 Å². The molecule has 1 heterocycles. The number of rotatable bonds is 5. The standard InChI is InChI=1S/C28H21BrClNO3/c29-20-9-13-22(14-10-20)31-27(33)25-19(16-24(32)18-6-11-21(30)12-7-18)8-15-23(26(25)28(31)34)17-4-2-1-3-5-17/h1-15,19,23,25-26H,16H2/t19-,23+,25?,26?/m1/s1. The third-order valence-electron chi connectivity index (χ3n) is 6.67. The lowest BCUT2D eigenvalue weighted by atomic mass is 9.68. The lowest BCUT2D eigenvalue weighted by Gasteiger charge is -2.32. The molecule has 0 bridgehead atoms. The van der Waals surface area contributed by atoms with Gasteiger partial charge in [-0.2, -0.15) is 0 Å². The second-order valence-corrected chi connectivity index (χ2v) is 10.0. The topological polar surface area (TPSA) is 54.5 Å². The van der Waals surface area contributed by atoms with Gasteiger partial charge < -0.3 is 0 Å². The monoisotopic (exact) mass is 533 g/mol. The van der Waals surface area contributed by atoms with E-state index in [2.05, 4.69) is 15.9 Å². The Hall–Kier alpha value is -3.02. The summed E-state index contributed by atoms with van der Waals surface area (Å²) in [4.78, 5) is 41.8. The Labute approximate surface area is 211 Å². The minimum atomic E-state index is -0.609. The van der Waals surface area contributed by atoms with Crippen molar-refractivity contribution in [1.82, 2.24) is 0 Å². The van der Waals surface area contributed by atoms with Crippen LogP contribution in [-0.2, 0) is 9.59 Å². The van der Waals surface area contributed by atoms with Gasteiger partial charge in [0.05, 0.1) is 17.5 Å². The van der Waals surface area contributed by atoms with Crippen LogP contribution in [0.4, 0.5) is 5.69 Å². The summed E-state index contributed by atoms with van der Waals surface area (Å²) >= 11 is 9.37. The molecular formula is C28H21BrClNO3. The van der Waals surface area contributed by atoms with Crippen molar-refractivity contribution in [2.45, 2.75) is 12.3 Å². The van der Waals surface area contributed by atoms with E-state index in [1.807, 2.05) is 54.6 Å². The summed E-state index contributed by atoms with van der Waals surface area (Å²) in [6, 6.07) is 23.6. The first-order valence-electron chi connectivity index (χ1n) is 11.1. The van der Waals surface area contributed by atoms with Gasteiger partial charge in [-0.3, -0.25) is 19.3 Å². The van der Waals surface area contributed by atoms with Gasteiger partial charge in [0.25, 0.3) is 0 Å². The summed E-state index contributed by atoms with van der Waals surface area (Å²) in [6.07, 6.45) is 4.09. The maximum Gasteiger partial charge on any atom is 0.238 e. The smallest absolute Gasteiger partial charge is 0.238 e. The van der Waals surface area contributed by atoms with Gasteiger partial charge in [-0.25, -0.2) is 0 Å². The zero-order valence-electron chi connectivity index (χ0n) is 18.1. The number of ketones is 1. The largest absolute Gasteiger partial charge is 0.294 e. The van der Waals surface area contributed by atoms with Crippen LogP contribution in [0, 0.1) is 17.8 Å². The Bertz CT molecular complexity index is 1270. The van der Waals surface area contributed by atoms with E-state index in [0.29, 0.717) is 16.3 Å². The van der Waals surface area contributed by atoms with Crippen molar-refractivity contribution in [3.8, 4) is 0 Å². The summed E-state index contributed by atoms with van der Waals surface area (Å²) in [5.74, 6) is -2.33. The van der Waals surface area contributed by atoms with E-state index in [9.17, 15) is 14.4 Å². The van der Waals surface area contributed by atoms with Crippen molar-refractivity contribution < 1.29 is 14.4 Å². The number of hydrogen-bond acceptors (Lipinski definition) is 3. The molecule has 3 aromatic carbocycles. The fraction of sp³-hybridized carbons (Fsp3) is 0.179. The van der Waals surface area contributed by atoms with E-state index < -0.39 is 11.8 Å². The minimum absolute atomic E-state index is 0.0782. The van der Waals surface area contributed by atoms with Gasteiger partial charge in [-0.05, 0) is 60.0 Å². The fourth-order valence-electron chi connectivity index (χ4n) is 5.04. The molecule has 2 unspecified atom stereocenters. The molecule has 0 N–H and O–H groups in total. The Balaban J connectivity index is 1.52. The molecule has 0 radical (unpaired) electrons. The van der Waals surface area contributed by atoms with Crippen LogP contribution in [0.5, 0.6) is 0 Å². The van der Waals surface area contributed by atoms with Gasteiger partial charge in [-0.1, -0.05) is 70.0 Å². The lowest BCUT2D eigenvalue weighted by Crippen LogP contribution is -2.34. The number of Topliss-reactive ketones (excluding diaryl/α,β-unsaturated/α-hetero) is 1. The van der Waals surface area contributed by atoms with Gasteiger partial charge in [0.15, 0.2) is 5.78 Å². The van der Waals surface area contributed by atoms with Gasteiger partial charge in [0, 0.05) is 27.4 Å². The molecular weight excluding hydrogens is 514 g/mol. The molecule has 1 fully saturated rings. The van der Waals surface area contributed by atoms with Crippen LogP contribution >= 0.6 is 27.5 Å². The van der Waals surface area contributed by atoms with E-state index in [1.54, 1.807) is 36.4 Å². The third-order valence-corrected chi connectivity index (χ3v) is 7.45. The van der Waals surface area contributed by atoms with Crippen LogP contribution in [0.2, 0.25) is 5.02 Å². The minimum Gasteiger partial charge on any atom is -0.294 e. The highest BCUT2D eigenvalue weighted by Crippen LogP contribution is 2.48. The molecule has 34 heavy (non-hydrogen) atoms. The summed E-state index contributed by atoms with van der Waals surface area (Å²) < 4.78 is 0.864. The van der Waals surface area contributed by atoms with Crippen molar-refractivity contribution in [2.24, 2.45) is 17.8 Å². The van der Waals surface area contributed by atoms with Gasteiger partial charge in [0.2, 0.25) is 11.8 Å². The Morgan fingerprint density at radius 3 is 2.15 bits per heavy atom. The number of benzene rings is 3. The molecule has 2 aliphatic rings. The second-order valence-electron chi connectivity index (χ2n) is 8.66. The zero-order chi connectivity index (χ0) is 23.8. The zero-order valence-corrected chi connectivity index (χ0v) is 20.4. The van der Waals surface area contributed by atoms with Crippen molar-refractivity contribution in [1.29, 1.82) is 0 Å². The van der Waals surface area contributed by atoms with Crippen LogP contribution in [-0.4, -0.2) is 17.6 Å². The first kappa shape index (κ1) is 22.8. The highest BCUT2D eigenvalue weighted by Gasteiger charge is 2.55. The SMILES string of the molecule is O=C(C[C@H]1C=C[C@@H](c2ccccc2)C2C(=O)N(c3ccc(Br)cc3)C(=O)C21)c1ccc(Cl)cc1. The quantitative estimate of drug-likeness (QED) is 0.215. The highest BCUT2D eigenvalue weighted by molar-refractivity contribution is 9.10. The third kappa shape index (κ3) is 4.15. The fourth-order valence-corrected chi connectivity index (χ4v) is 5.43. The Kier molecular flexibility index (Phi) is 6.24. The normalized spacial score (nSPS) is 23.8. The molecule has 6 heteroatoms. The van der Waals surface area contributed by atoms with Gasteiger partial charge >= 0.3 is 0 Å². The number of nitrogens with zero attached hydrogens (tertiary/aromatic N) is 1. The number of amides is 2. The summed E-state index contributed by atoms with van der Waals surface area (Å²) in [5, 5.41) is 0.557. The molecule has 170 valence electrons. The van der Waals surface area contributed by atoms with Crippen LogP contribution in [0.1, 0.15) is 28.3 Å². The lowest BCUT2D eigenvalue weighted by molar-refractivity contribution is -0.122. The predicted octanol–water partition coefficient (Wildman–Crippen LogP) is 6.45. The number of fused-ring (bicyclic) bond motifs is 1. The number of allylic oxidation sites excluding steroid dienone is 2.